The van der Waals surface area contributed by atoms with Crippen molar-refractivity contribution in [2.45, 2.75) is 13.8 Å². The number of aromatic nitrogens is 2. The minimum Gasteiger partial charge on any atom is -0.466 e. The predicted octanol–water partition coefficient (Wildman–Crippen LogP) is 3.55. The van der Waals surface area contributed by atoms with E-state index in [2.05, 4.69) is 5.10 Å². The van der Waals surface area contributed by atoms with Gasteiger partial charge in [0.15, 0.2) is 0 Å². The van der Waals surface area contributed by atoms with E-state index in [1.807, 2.05) is 57.3 Å². The van der Waals surface area contributed by atoms with Crippen LogP contribution in [0.25, 0.3) is 22.4 Å². The van der Waals surface area contributed by atoms with Crippen molar-refractivity contribution >= 4 is 5.82 Å². The minimum atomic E-state index is 0.657. The van der Waals surface area contributed by atoms with Crippen molar-refractivity contribution in [3.63, 3.8) is 0 Å². The van der Waals surface area contributed by atoms with Gasteiger partial charge in [-0.2, -0.15) is 5.10 Å². The average Bonchev–Trinajstić information content (AvgIpc) is 2.91. The average molecular weight is 267 g/mol. The molecule has 4 heteroatoms. The lowest BCUT2D eigenvalue weighted by atomic mass is 10.0. The van der Waals surface area contributed by atoms with Crippen molar-refractivity contribution in [2.75, 3.05) is 5.73 Å². The second-order valence-electron chi connectivity index (χ2n) is 4.93. The first-order valence-electron chi connectivity index (χ1n) is 6.53. The summed E-state index contributed by atoms with van der Waals surface area (Å²) in [5.74, 6) is 2.39. The van der Waals surface area contributed by atoms with E-state index in [1.165, 1.54) is 0 Å². The van der Waals surface area contributed by atoms with Crippen LogP contribution in [-0.4, -0.2) is 9.78 Å². The lowest BCUT2D eigenvalue weighted by Gasteiger charge is -2.03. The Morgan fingerprint density at radius 3 is 2.45 bits per heavy atom. The number of aryl methyl sites for hydroxylation is 3. The maximum atomic E-state index is 6.20. The molecule has 0 bridgehead atoms. The number of rotatable bonds is 2. The van der Waals surface area contributed by atoms with Crippen molar-refractivity contribution < 1.29 is 4.42 Å². The summed E-state index contributed by atoms with van der Waals surface area (Å²) >= 11 is 0. The summed E-state index contributed by atoms with van der Waals surface area (Å²) in [6, 6.07) is 12.1. The highest BCUT2D eigenvalue weighted by Gasteiger charge is 2.20. The van der Waals surface area contributed by atoms with Crippen LogP contribution in [0.15, 0.2) is 40.8 Å². The van der Waals surface area contributed by atoms with Crippen molar-refractivity contribution in [1.82, 2.24) is 9.78 Å². The molecule has 0 aliphatic heterocycles. The van der Waals surface area contributed by atoms with E-state index in [0.29, 0.717) is 5.82 Å². The maximum absolute atomic E-state index is 6.20. The van der Waals surface area contributed by atoms with Crippen LogP contribution in [0.1, 0.15) is 11.5 Å². The van der Waals surface area contributed by atoms with Gasteiger partial charge in [0.25, 0.3) is 0 Å². The van der Waals surface area contributed by atoms with Gasteiger partial charge in [-0.1, -0.05) is 30.3 Å². The quantitative estimate of drug-likeness (QED) is 0.772. The molecule has 3 aromatic rings. The number of benzene rings is 1. The Hall–Kier alpha value is -2.49. The number of anilines is 1. The van der Waals surface area contributed by atoms with Gasteiger partial charge in [-0.25, -0.2) is 0 Å². The monoisotopic (exact) mass is 267 g/mol. The van der Waals surface area contributed by atoms with E-state index >= 15 is 0 Å². The van der Waals surface area contributed by atoms with E-state index in [0.717, 1.165) is 33.9 Å². The number of nitrogens with zero attached hydrogens (tertiary/aromatic N) is 2. The Morgan fingerprint density at radius 1 is 1.15 bits per heavy atom. The Bertz CT molecular complexity index is 754. The Balaban J connectivity index is 2.28. The molecule has 0 spiro atoms. The summed E-state index contributed by atoms with van der Waals surface area (Å²) in [5, 5.41) is 4.56. The molecule has 0 aliphatic rings. The first kappa shape index (κ1) is 12.5. The summed E-state index contributed by atoms with van der Waals surface area (Å²) in [4.78, 5) is 0. The summed E-state index contributed by atoms with van der Waals surface area (Å²) in [5.41, 5.74) is 10.1. The molecule has 2 aromatic heterocycles. The number of nitrogen functional groups attached to an aromatic ring is 1. The standard InChI is InChI=1S/C16H17N3O/c1-10-9-13(11(2)20-10)15-14(16(17)19(3)18-15)12-7-5-4-6-8-12/h4-9H,17H2,1-3H3. The molecule has 2 N–H and O–H groups in total. The number of nitrogens with two attached hydrogens (primary N) is 1. The highest BCUT2D eigenvalue weighted by atomic mass is 16.3. The van der Waals surface area contributed by atoms with E-state index in [-0.39, 0.29) is 0 Å². The van der Waals surface area contributed by atoms with Gasteiger partial charge in [0.2, 0.25) is 0 Å². The fraction of sp³-hybridized carbons (Fsp3) is 0.188. The van der Waals surface area contributed by atoms with Crippen LogP contribution in [-0.2, 0) is 7.05 Å². The van der Waals surface area contributed by atoms with Crippen LogP contribution in [0.5, 0.6) is 0 Å². The number of hydrogen-bond donors (Lipinski definition) is 1. The van der Waals surface area contributed by atoms with Gasteiger partial charge < -0.3 is 10.2 Å². The molecule has 0 atom stereocenters. The topological polar surface area (TPSA) is 57.0 Å². The molecule has 20 heavy (non-hydrogen) atoms. The van der Waals surface area contributed by atoms with Crippen LogP contribution in [0.4, 0.5) is 5.82 Å². The van der Waals surface area contributed by atoms with Crippen LogP contribution >= 0.6 is 0 Å². The molecule has 0 fully saturated rings. The van der Waals surface area contributed by atoms with Crippen molar-refractivity contribution in [3.05, 3.63) is 47.9 Å². The zero-order valence-corrected chi connectivity index (χ0v) is 11.8. The van der Waals surface area contributed by atoms with E-state index < -0.39 is 0 Å². The third-order valence-electron chi connectivity index (χ3n) is 3.45. The van der Waals surface area contributed by atoms with Crippen LogP contribution in [0.2, 0.25) is 0 Å². The van der Waals surface area contributed by atoms with Crippen LogP contribution < -0.4 is 5.73 Å². The summed E-state index contributed by atoms with van der Waals surface area (Å²) in [6.45, 7) is 3.88. The maximum Gasteiger partial charge on any atom is 0.129 e. The second-order valence-corrected chi connectivity index (χ2v) is 4.93. The largest absolute Gasteiger partial charge is 0.466 e. The third-order valence-corrected chi connectivity index (χ3v) is 3.45. The molecule has 1 aromatic carbocycles. The van der Waals surface area contributed by atoms with Gasteiger partial charge in [0, 0.05) is 12.6 Å². The zero-order valence-electron chi connectivity index (χ0n) is 11.8. The van der Waals surface area contributed by atoms with E-state index in [9.17, 15) is 0 Å². The molecule has 0 radical (unpaired) electrons. The Kier molecular flexibility index (Phi) is 2.86. The molecule has 102 valence electrons. The predicted molar refractivity (Wildman–Crippen MR) is 80.2 cm³/mol. The SMILES string of the molecule is Cc1cc(-c2nn(C)c(N)c2-c2ccccc2)c(C)o1. The summed E-state index contributed by atoms with van der Waals surface area (Å²) in [6.07, 6.45) is 0. The molecular weight excluding hydrogens is 250 g/mol. The van der Waals surface area contributed by atoms with Gasteiger partial charge in [0.05, 0.1) is 5.56 Å². The van der Waals surface area contributed by atoms with E-state index in [4.69, 9.17) is 10.2 Å². The molecule has 0 amide bonds. The molecule has 3 rings (SSSR count). The lowest BCUT2D eigenvalue weighted by Crippen LogP contribution is -1.97. The smallest absolute Gasteiger partial charge is 0.129 e. The van der Waals surface area contributed by atoms with Gasteiger partial charge in [0.1, 0.15) is 23.0 Å². The minimum absolute atomic E-state index is 0.657. The Labute approximate surface area is 117 Å². The van der Waals surface area contributed by atoms with Gasteiger partial charge in [-0.05, 0) is 25.5 Å². The fourth-order valence-corrected chi connectivity index (χ4v) is 2.48. The molecule has 0 aliphatic carbocycles. The molecule has 2 heterocycles. The van der Waals surface area contributed by atoms with Crippen molar-refractivity contribution in [2.24, 2.45) is 7.05 Å². The van der Waals surface area contributed by atoms with E-state index in [1.54, 1.807) is 4.68 Å². The molecule has 0 saturated heterocycles. The van der Waals surface area contributed by atoms with Crippen LogP contribution in [0, 0.1) is 13.8 Å². The second kappa shape index (κ2) is 4.56. The summed E-state index contributed by atoms with van der Waals surface area (Å²) in [7, 11) is 1.85. The first-order valence-corrected chi connectivity index (χ1v) is 6.53. The fourth-order valence-electron chi connectivity index (χ4n) is 2.48. The van der Waals surface area contributed by atoms with Gasteiger partial charge in [-0.3, -0.25) is 4.68 Å². The van der Waals surface area contributed by atoms with Crippen LogP contribution in [0.3, 0.4) is 0 Å². The highest BCUT2D eigenvalue weighted by Crippen LogP contribution is 2.37. The zero-order chi connectivity index (χ0) is 14.3. The number of hydrogen-bond acceptors (Lipinski definition) is 3. The molecular formula is C16H17N3O. The lowest BCUT2D eigenvalue weighted by molar-refractivity contribution is 0.505. The summed E-state index contributed by atoms with van der Waals surface area (Å²) < 4.78 is 7.33. The van der Waals surface area contributed by atoms with Gasteiger partial charge >= 0.3 is 0 Å². The molecule has 0 saturated carbocycles. The third kappa shape index (κ3) is 1.90. The van der Waals surface area contributed by atoms with Crippen molar-refractivity contribution in [1.29, 1.82) is 0 Å². The normalized spacial score (nSPS) is 10.9. The number of furan rings is 1. The van der Waals surface area contributed by atoms with Crippen molar-refractivity contribution in [3.8, 4) is 22.4 Å². The Morgan fingerprint density at radius 2 is 1.85 bits per heavy atom. The molecule has 0 unspecified atom stereocenters. The van der Waals surface area contributed by atoms with Gasteiger partial charge in [-0.15, -0.1) is 0 Å². The first-order chi connectivity index (χ1) is 9.58. The molecule has 4 nitrogen and oxygen atoms in total. The highest BCUT2D eigenvalue weighted by molar-refractivity contribution is 5.88.